The topological polar surface area (TPSA) is 146 Å². The number of amides is 2. The number of nitrogens with one attached hydrogen (secondary N) is 2. The van der Waals surface area contributed by atoms with Crippen molar-refractivity contribution in [3.05, 3.63) is 110 Å². The summed E-state index contributed by atoms with van der Waals surface area (Å²) in [6.45, 7) is 3.86. The van der Waals surface area contributed by atoms with Gasteiger partial charge in [0.2, 0.25) is 0 Å². The normalized spacial score (nSPS) is 15.4. The highest BCUT2D eigenvalue weighted by atomic mass is 19.1. The van der Waals surface area contributed by atoms with E-state index in [1.807, 2.05) is 6.92 Å². The summed E-state index contributed by atoms with van der Waals surface area (Å²) in [7, 11) is 0. The molecule has 2 aromatic carbocycles. The first-order valence-electron chi connectivity index (χ1n) is 12.7. The van der Waals surface area contributed by atoms with E-state index in [0.29, 0.717) is 34.7 Å². The number of aliphatic hydroxyl groups is 1. The SMILES string of the molecule is CC(O)c1cccc(NC(=O)c2nn(Cc3ccc(F)cc3[N+](=O)[O-])c3c2CN(C(=O)c2ccc[nH]2)CC3C)c1. The minimum Gasteiger partial charge on any atom is -0.389 e. The van der Waals surface area contributed by atoms with Crippen LogP contribution in [-0.2, 0) is 13.1 Å². The summed E-state index contributed by atoms with van der Waals surface area (Å²) in [5.74, 6) is -1.77. The number of aromatic amines is 1. The van der Waals surface area contributed by atoms with E-state index in [4.69, 9.17) is 0 Å². The Morgan fingerprint density at radius 2 is 2.05 bits per heavy atom. The fourth-order valence-electron chi connectivity index (χ4n) is 5.05. The predicted octanol–water partition coefficient (Wildman–Crippen LogP) is 4.37. The first-order valence-corrected chi connectivity index (χ1v) is 12.7. The molecule has 0 spiro atoms. The van der Waals surface area contributed by atoms with Gasteiger partial charge in [-0.2, -0.15) is 5.10 Å². The number of aliphatic hydroxyl groups excluding tert-OH is 1. The summed E-state index contributed by atoms with van der Waals surface area (Å²) in [5, 5.41) is 28.9. The molecule has 0 aliphatic carbocycles. The molecule has 3 N–H and O–H groups in total. The molecule has 12 heteroatoms. The lowest BCUT2D eigenvalue weighted by atomic mass is 9.95. The van der Waals surface area contributed by atoms with Crippen LogP contribution >= 0.6 is 0 Å². The zero-order valence-electron chi connectivity index (χ0n) is 21.8. The minimum absolute atomic E-state index is 0.0676. The largest absolute Gasteiger partial charge is 0.389 e. The van der Waals surface area contributed by atoms with Crippen molar-refractivity contribution in [3.63, 3.8) is 0 Å². The van der Waals surface area contributed by atoms with Crippen molar-refractivity contribution in [2.24, 2.45) is 0 Å². The number of benzene rings is 2. The van der Waals surface area contributed by atoms with Gasteiger partial charge in [0.25, 0.3) is 17.5 Å². The van der Waals surface area contributed by atoms with Crippen LogP contribution in [0.25, 0.3) is 0 Å². The number of nitro benzene ring substituents is 1. The van der Waals surface area contributed by atoms with Crippen LogP contribution in [0.2, 0.25) is 0 Å². The van der Waals surface area contributed by atoms with E-state index in [1.54, 1.807) is 54.4 Å². The third-order valence-corrected chi connectivity index (χ3v) is 6.93. The van der Waals surface area contributed by atoms with Crippen LogP contribution in [-0.4, -0.2) is 48.1 Å². The lowest BCUT2D eigenvalue weighted by molar-refractivity contribution is -0.385. The fraction of sp³-hybridized carbons (Fsp3) is 0.250. The molecular weight excluding hydrogens is 519 g/mol. The Hall–Kier alpha value is -4.84. The number of anilines is 1. The van der Waals surface area contributed by atoms with Gasteiger partial charge in [-0.05, 0) is 48.9 Å². The van der Waals surface area contributed by atoms with Gasteiger partial charge in [-0.3, -0.25) is 24.4 Å². The quantitative estimate of drug-likeness (QED) is 0.232. The Balaban J connectivity index is 1.55. The second-order valence-electron chi connectivity index (χ2n) is 9.83. The number of hydrogen-bond donors (Lipinski definition) is 3. The van der Waals surface area contributed by atoms with Gasteiger partial charge in [0.05, 0.1) is 35.7 Å². The van der Waals surface area contributed by atoms with Crippen LogP contribution in [0.5, 0.6) is 0 Å². The number of fused-ring (bicyclic) bond motifs is 1. The summed E-state index contributed by atoms with van der Waals surface area (Å²) in [5.41, 5.74) is 2.56. The molecule has 0 bridgehead atoms. The first kappa shape index (κ1) is 26.8. The number of nitro groups is 1. The van der Waals surface area contributed by atoms with Crippen molar-refractivity contribution < 1.29 is 24.0 Å². The number of aromatic nitrogens is 3. The number of hydrogen-bond acceptors (Lipinski definition) is 6. The summed E-state index contributed by atoms with van der Waals surface area (Å²) in [4.78, 5) is 42.2. The maximum absolute atomic E-state index is 13.8. The maximum Gasteiger partial charge on any atom is 0.277 e. The molecule has 0 radical (unpaired) electrons. The molecule has 2 unspecified atom stereocenters. The standard InChI is InChI=1S/C28H27FN6O5/c1-16-13-33(28(38)23-7-4-10-30-23)15-22-25(27(37)31-21-6-3-5-18(11-21)17(2)36)32-34(26(16)22)14-19-8-9-20(29)12-24(19)35(39)40/h3-12,16-17,30,36H,13-15H2,1-2H3,(H,31,37). The molecule has 1 aliphatic heterocycles. The number of rotatable bonds is 7. The van der Waals surface area contributed by atoms with E-state index in [1.165, 1.54) is 10.7 Å². The molecule has 2 amide bonds. The summed E-state index contributed by atoms with van der Waals surface area (Å²) in [6, 6.07) is 13.5. The number of nitrogens with zero attached hydrogens (tertiary/aromatic N) is 4. The Morgan fingerprint density at radius 3 is 2.75 bits per heavy atom. The van der Waals surface area contributed by atoms with Gasteiger partial charge in [0, 0.05) is 35.6 Å². The van der Waals surface area contributed by atoms with E-state index in [2.05, 4.69) is 15.4 Å². The highest BCUT2D eigenvalue weighted by Crippen LogP contribution is 2.33. The maximum atomic E-state index is 13.8. The Labute approximate surface area is 228 Å². The molecule has 40 heavy (non-hydrogen) atoms. The van der Waals surface area contributed by atoms with Crippen molar-refractivity contribution in [1.29, 1.82) is 0 Å². The molecule has 5 rings (SSSR count). The molecule has 3 heterocycles. The van der Waals surface area contributed by atoms with Crippen molar-refractivity contribution in [2.45, 2.75) is 39.0 Å². The monoisotopic (exact) mass is 546 g/mol. The molecule has 1 aliphatic rings. The third-order valence-electron chi connectivity index (χ3n) is 6.93. The number of carbonyl (C=O) groups excluding carboxylic acids is 2. The van der Waals surface area contributed by atoms with E-state index >= 15 is 0 Å². The molecule has 2 atom stereocenters. The molecule has 11 nitrogen and oxygen atoms in total. The predicted molar refractivity (Wildman–Crippen MR) is 143 cm³/mol. The highest BCUT2D eigenvalue weighted by Gasteiger charge is 2.35. The van der Waals surface area contributed by atoms with Gasteiger partial charge in [-0.25, -0.2) is 4.39 Å². The van der Waals surface area contributed by atoms with Crippen LogP contribution in [0.15, 0.2) is 60.8 Å². The molecule has 2 aromatic heterocycles. The smallest absolute Gasteiger partial charge is 0.277 e. The summed E-state index contributed by atoms with van der Waals surface area (Å²) < 4.78 is 15.3. The van der Waals surface area contributed by atoms with Crippen LogP contribution in [0.3, 0.4) is 0 Å². The summed E-state index contributed by atoms with van der Waals surface area (Å²) in [6.07, 6.45) is 0.920. The second kappa shape index (κ2) is 10.7. The van der Waals surface area contributed by atoms with Gasteiger partial charge in [-0.15, -0.1) is 0 Å². The van der Waals surface area contributed by atoms with Crippen molar-refractivity contribution in [3.8, 4) is 0 Å². The van der Waals surface area contributed by atoms with E-state index in [9.17, 15) is 29.2 Å². The highest BCUT2D eigenvalue weighted by molar-refractivity contribution is 6.04. The molecule has 0 saturated carbocycles. The Bertz CT molecular complexity index is 1600. The minimum atomic E-state index is -0.733. The molecule has 0 saturated heterocycles. The average Bonchev–Trinajstić information content (AvgIpc) is 3.58. The second-order valence-corrected chi connectivity index (χ2v) is 9.83. The molecule has 4 aromatic rings. The lowest BCUT2D eigenvalue weighted by Gasteiger charge is -2.32. The Morgan fingerprint density at radius 1 is 1.25 bits per heavy atom. The number of carbonyl (C=O) groups is 2. The van der Waals surface area contributed by atoms with Crippen LogP contribution in [0, 0.1) is 15.9 Å². The van der Waals surface area contributed by atoms with Crippen LogP contribution in [0.4, 0.5) is 15.8 Å². The van der Waals surface area contributed by atoms with Gasteiger partial charge < -0.3 is 20.3 Å². The van der Waals surface area contributed by atoms with E-state index < -0.39 is 28.4 Å². The van der Waals surface area contributed by atoms with E-state index in [-0.39, 0.29) is 36.2 Å². The zero-order valence-corrected chi connectivity index (χ0v) is 21.8. The van der Waals surface area contributed by atoms with Gasteiger partial charge in [-0.1, -0.05) is 19.1 Å². The lowest BCUT2D eigenvalue weighted by Crippen LogP contribution is -2.38. The number of halogens is 1. The molecular formula is C28H27FN6O5. The fourth-order valence-corrected chi connectivity index (χ4v) is 5.05. The van der Waals surface area contributed by atoms with Crippen LogP contribution < -0.4 is 5.32 Å². The first-order chi connectivity index (χ1) is 19.1. The van der Waals surface area contributed by atoms with Gasteiger partial charge in [0.15, 0.2) is 5.69 Å². The third kappa shape index (κ3) is 5.21. The van der Waals surface area contributed by atoms with Crippen molar-refractivity contribution in [2.75, 3.05) is 11.9 Å². The number of H-pyrrole nitrogens is 1. The zero-order chi connectivity index (χ0) is 28.6. The Kier molecular flexibility index (Phi) is 7.18. The van der Waals surface area contributed by atoms with Gasteiger partial charge >= 0.3 is 0 Å². The van der Waals surface area contributed by atoms with Crippen LogP contribution in [0.1, 0.15) is 69.2 Å². The van der Waals surface area contributed by atoms with E-state index in [0.717, 1.165) is 12.1 Å². The van der Waals surface area contributed by atoms with Crippen molar-refractivity contribution >= 4 is 23.2 Å². The molecule has 0 fully saturated rings. The molecule has 206 valence electrons. The average molecular weight is 547 g/mol. The summed E-state index contributed by atoms with van der Waals surface area (Å²) >= 11 is 0. The van der Waals surface area contributed by atoms with Crippen molar-refractivity contribution in [1.82, 2.24) is 19.7 Å². The van der Waals surface area contributed by atoms with Gasteiger partial charge in [0.1, 0.15) is 11.5 Å².